The zero-order chi connectivity index (χ0) is 35.2. The molecule has 5 rings (SSSR count). The maximum atomic E-state index is 14.4. The molecule has 0 radical (unpaired) electrons. The summed E-state index contributed by atoms with van der Waals surface area (Å²) in [6.45, 7) is 14.2. The number of carbonyl (C=O) groups is 2. The quantitative estimate of drug-likeness (QED) is 0.0902. The number of likely N-dealkylation sites (tertiary alicyclic amines) is 1. The molecule has 49 heavy (non-hydrogen) atoms. The number of aromatic hydroxyl groups is 1. The number of phenolic OH excluding ortho intramolecular Hbond substituents is 1. The molecule has 2 fully saturated rings. The number of amidine groups is 1. The largest absolute Gasteiger partial charge is 0.508 e. The minimum absolute atomic E-state index is 0.0215. The van der Waals surface area contributed by atoms with Crippen LogP contribution in [0, 0.1) is 17.8 Å². The first-order valence-corrected chi connectivity index (χ1v) is 19.0. The lowest BCUT2D eigenvalue weighted by Crippen LogP contribution is -2.58. The fourth-order valence-electron chi connectivity index (χ4n) is 8.73. The molecule has 3 aliphatic rings. The smallest absolute Gasteiger partial charge is 0.242 e. The Morgan fingerprint density at radius 1 is 1.10 bits per heavy atom. The summed E-state index contributed by atoms with van der Waals surface area (Å²) >= 11 is 0. The van der Waals surface area contributed by atoms with Gasteiger partial charge in [-0.1, -0.05) is 83.9 Å². The first kappa shape index (κ1) is 36.9. The van der Waals surface area contributed by atoms with Crippen LogP contribution in [0.25, 0.3) is 0 Å². The summed E-state index contributed by atoms with van der Waals surface area (Å²) in [7, 11) is 0. The summed E-state index contributed by atoms with van der Waals surface area (Å²) in [4.78, 5) is 35.0. The topological polar surface area (TPSA) is 120 Å². The fraction of sp³-hybridized carbons (Fsp3) is 0.634. The van der Waals surface area contributed by atoms with Gasteiger partial charge in [0.05, 0.1) is 11.3 Å². The average Bonchev–Trinajstić information content (AvgIpc) is 3.80. The number of unbranched alkanes of at least 4 members (excludes halogenated alkanes) is 3. The zero-order valence-corrected chi connectivity index (χ0v) is 30.6. The normalized spacial score (nSPS) is 27.0. The number of nitrogens with two attached hydrogens (primary N) is 1. The number of phenols is 1. The van der Waals surface area contributed by atoms with Gasteiger partial charge in [0.1, 0.15) is 11.8 Å². The Kier molecular flexibility index (Phi) is 12.1. The molecule has 2 aromatic carbocycles. The lowest BCUT2D eigenvalue weighted by atomic mass is 9.59. The maximum absolute atomic E-state index is 14.4. The van der Waals surface area contributed by atoms with Crippen molar-refractivity contribution >= 4 is 17.6 Å². The predicted molar refractivity (Wildman–Crippen MR) is 199 cm³/mol. The Labute approximate surface area is 294 Å². The van der Waals surface area contributed by atoms with Crippen molar-refractivity contribution < 1.29 is 14.7 Å². The maximum Gasteiger partial charge on any atom is 0.242 e. The molecule has 0 aromatic heterocycles. The highest BCUT2D eigenvalue weighted by atomic mass is 16.3. The number of fused-ring (bicyclic) bond motifs is 4. The van der Waals surface area contributed by atoms with E-state index >= 15 is 0 Å². The van der Waals surface area contributed by atoms with Crippen LogP contribution in [0.15, 0.2) is 53.5 Å². The third-order valence-electron chi connectivity index (χ3n) is 11.9. The average molecular weight is 672 g/mol. The number of nitrogens with zero attached hydrogens (tertiary/aromatic N) is 2. The molecule has 0 spiro atoms. The van der Waals surface area contributed by atoms with E-state index in [2.05, 4.69) is 73.3 Å². The second-order valence-electron chi connectivity index (χ2n) is 15.8. The van der Waals surface area contributed by atoms with Gasteiger partial charge in [-0.05, 0) is 103 Å². The Bertz CT molecular complexity index is 1460. The molecule has 1 aliphatic heterocycles. The molecule has 268 valence electrons. The minimum atomic E-state index is -0.637. The van der Waals surface area contributed by atoms with Crippen LogP contribution in [0.3, 0.4) is 0 Å². The Morgan fingerprint density at radius 2 is 1.86 bits per heavy atom. The Hall–Kier alpha value is -3.39. The van der Waals surface area contributed by atoms with Gasteiger partial charge in [0, 0.05) is 32.1 Å². The number of nitrogens with one attached hydrogen (secondary N) is 2. The van der Waals surface area contributed by atoms with Gasteiger partial charge in [-0.2, -0.15) is 0 Å². The highest BCUT2D eigenvalue weighted by Gasteiger charge is 2.62. The van der Waals surface area contributed by atoms with E-state index in [1.54, 1.807) is 0 Å². The molecule has 2 aromatic rings. The van der Waals surface area contributed by atoms with Gasteiger partial charge in [-0.3, -0.25) is 19.5 Å². The molecule has 8 heteroatoms. The molecule has 6 atom stereocenters. The van der Waals surface area contributed by atoms with E-state index in [1.807, 2.05) is 30.3 Å². The Balaban J connectivity index is 1.21. The molecule has 2 bridgehead atoms. The van der Waals surface area contributed by atoms with Crippen LogP contribution in [0.4, 0.5) is 0 Å². The first-order valence-electron chi connectivity index (χ1n) is 19.0. The third-order valence-corrected chi connectivity index (χ3v) is 11.9. The van der Waals surface area contributed by atoms with Gasteiger partial charge >= 0.3 is 0 Å². The van der Waals surface area contributed by atoms with E-state index in [0.29, 0.717) is 30.7 Å². The number of hydrogen-bond acceptors (Lipinski definition) is 5. The van der Waals surface area contributed by atoms with Crippen molar-refractivity contribution in [2.24, 2.45) is 28.5 Å². The summed E-state index contributed by atoms with van der Waals surface area (Å²) in [5, 5.41) is 16.7. The van der Waals surface area contributed by atoms with E-state index in [1.165, 1.54) is 11.1 Å². The number of hydrogen-bond donors (Lipinski definition) is 4. The molecule has 2 aliphatic carbocycles. The molecular formula is C41H61N5O3. The van der Waals surface area contributed by atoms with Gasteiger partial charge in [0.2, 0.25) is 11.8 Å². The standard InChI is InChI=1S/C41H61N5O3/c1-6-14-37(42)43-20-12-7-8-13-21-44-38(48)35(23-28(2)3)45-39(49)41(31-15-10-9-11-16-31)26-32(41)27-46-22-19-40(5)29(4)36(46)24-30-17-18-33(47)25-34(30)40/h9-11,15-18,25,28-29,32,35-36,47H,6-8,12-14,19-24,26-27H2,1-5H3,(H2,42,43)(H,44,48)(H,45,49)/t29?,32?,35?,36?,40-,41+/m1/s1. The fourth-order valence-corrected chi connectivity index (χ4v) is 8.73. The van der Waals surface area contributed by atoms with Crippen LogP contribution >= 0.6 is 0 Å². The van der Waals surface area contributed by atoms with Crippen LogP contribution in [0.2, 0.25) is 0 Å². The molecule has 8 nitrogen and oxygen atoms in total. The third kappa shape index (κ3) is 8.33. The molecule has 1 saturated heterocycles. The summed E-state index contributed by atoms with van der Waals surface area (Å²) in [6, 6.07) is 15.9. The number of rotatable bonds is 17. The van der Waals surface area contributed by atoms with Crippen molar-refractivity contribution in [1.29, 1.82) is 0 Å². The Morgan fingerprint density at radius 3 is 2.59 bits per heavy atom. The van der Waals surface area contributed by atoms with Gasteiger partial charge in [-0.15, -0.1) is 0 Å². The van der Waals surface area contributed by atoms with Crippen molar-refractivity contribution in [2.45, 2.75) is 122 Å². The molecule has 1 heterocycles. The summed E-state index contributed by atoms with van der Waals surface area (Å²) in [5.74, 6) is 1.86. The second-order valence-corrected chi connectivity index (χ2v) is 15.8. The number of benzene rings is 2. The minimum Gasteiger partial charge on any atom is -0.508 e. The SMILES string of the molecule is CCCC(N)=NCCCCCCNC(=O)C(CC(C)C)NC(=O)[C@]1(c2ccccc2)CC1CN1CC[C@@]2(C)c3cc(O)ccc3CC1C2C. The lowest BCUT2D eigenvalue weighted by molar-refractivity contribution is -0.131. The molecule has 4 unspecified atom stereocenters. The molecule has 1 saturated carbocycles. The summed E-state index contributed by atoms with van der Waals surface area (Å²) in [6.07, 6.45) is 9.22. The second kappa shape index (κ2) is 16.1. The van der Waals surface area contributed by atoms with E-state index in [4.69, 9.17) is 5.73 Å². The van der Waals surface area contributed by atoms with Gasteiger partial charge in [0.15, 0.2) is 0 Å². The number of aliphatic imine (C=N–C) groups is 1. The highest BCUT2D eigenvalue weighted by molar-refractivity contribution is 5.95. The van der Waals surface area contributed by atoms with Crippen LogP contribution in [0.1, 0.15) is 109 Å². The van der Waals surface area contributed by atoms with Crippen LogP contribution in [0.5, 0.6) is 5.75 Å². The summed E-state index contributed by atoms with van der Waals surface area (Å²) < 4.78 is 0. The van der Waals surface area contributed by atoms with Crippen molar-refractivity contribution in [1.82, 2.24) is 15.5 Å². The molecular weight excluding hydrogens is 610 g/mol. The van der Waals surface area contributed by atoms with Crippen molar-refractivity contribution in [3.05, 3.63) is 65.2 Å². The number of carbonyl (C=O) groups excluding carboxylic acids is 2. The first-order chi connectivity index (χ1) is 23.5. The van der Waals surface area contributed by atoms with Crippen LogP contribution < -0.4 is 16.4 Å². The van der Waals surface area contributed by atoms with Crippen LogP contribution in [-0.4, -0.2) is 65.9 Å². The lowest BCUT2D eigenvalue weighted by Gasteiger charge is -2.55. The number of amides is 2. The van der Waals surface area contributed by atoms with Crippen molar-refractivity contribution in [3.63, 3.8) is 0 Å². The van der Waals surface area contributed by atoms with E-state index in [-0.39, 0.29) is 29.1 Å². The monoisotopic (exact) mass is 671 g/mol. The summed E-state index contributed by atoms with van der Waals surface area (Å²) in [5.41, 5.74) is 8.97. The van der Waals surface area contributed by atoms with Gasteiger partial charge < -0.3 is 21.5 Å². The highest BCUT2D eigenvalue weighted by Crippen LogP contribution is 2.57. The van der Waals surface area contributed by atoms with Crippen molar-refractivity contribution in [3.8, 4) is 5.75 Å². The van der Waals surface area contributed by atoms with Crippen molar-refractivity contribution in [2.75, 3.05) is 26.2 Å². The molecule has 5 N–H and O–H groups in total. The van der Waals surface area contributed by atoms with Gasteiger partial charge in [0.25, 0.3) is 0 Å². The van der Waals surface area contributed by atoms with Crippen LogP contribution in [-0.2, 0) is 26.8 Å². The van der Waals surface area contributed by atoms with Gasteiger partial charge in [-0.25, -0.2) is 0 Å². The zero-order valence-electron chi connectivity index (χ0n) is 30.6. The number of piperidine rings is 1. The van der Waals surface area contributed by atoms with E-state index in [0.717, 1.165) is 88.8 Å². The van der Waals surface area contributed by atoms with E-state index < -0.39 is 11.5 Å². The molecule has 2 amide bonds. The van der Waals surface area contributed by atoms with E-state index in [9.17, 15) is 14.7 Å². The predicted octanol–water partition coefficient (Wildman–Crippen LogP) is 6.24.